The van der Waals surface area contributed by atoms with E-state index < -0.39 is 0 Å². The van der Waals surface area contributed by atoms with Crippen LogP contribution in [-0.4, -0.2) is 20.1 Å². The van der Waals surface area contributed by atoms with Crippen LogP contribution >= 0.6 is 11.6 Å². The lowest BCUT2D eigenvalue weighted by molar-refractivity contribution is 0.473. The molecule has 5 N–H and O–H groups in total. The zero-order valence-electron chi connectivity index (χ0n) is 12.2. The number of pyridine rings is 1. The van der Waals surface area contributed by atoms with Crippen LogP contribution in [0.15, 0.2) is 35.3 Å². The first-order valence-corrected chi connectivity index (χ1v) is 7.22. The first-order chi connectivity index (χ1) is 10.9. The molecule has 0 radical (unpaired) electrons. The van der Waals surface area contributed by atoms with Crippen molar-refractivity contribution in [3.63, 3.8) is 0 Å². The Labute approximate surface area is 136 Å². The molecule has 2 heterocycles. The number of aromatic nitrogens is 3. The second-order valence-corrected chi connectivity index (χ2v) is 5.55. The summed E-state index contributed by atoms with van der Waals surface area (Å²) in [6.45, 7) is 1.80. The number of anilines is 2. The van der Waals surface area contributed by atoms with Crippen molar-refractivity contribution in [3.05, 3.63) is 51.4 Å². The number of benzene rings is 1. The van der Waals surface area contributed by atoms with Gasteiger partial charge < -0.3 is 21.1 Å². The Hall–Kier alpha value is -2.80. The van der Waals surface area contributed by atoms with Gasteiger partial charge in [-0.3, -0.25) is 4.79 Å². The molecular formula is C15H14ClN5O2. The van der Waals surface area contributed by atoms with E-state index in [1.807, 2.05) is 0 Å². The van der Waals surface area contributed by atoms with E-state index in [1.165, 1.54) is 6.20 Å². The van der Waals surface area contributed by atoms with E-state index >= 15 is 0 Å². The van der Waals surface area contributed by atoms with Crippen molar-refractivity contribution in [3.8, 4) is 5.75 Å². The number of hydrogen-bond acceptors (Lipinski definition) is 6. The number of nitrogens with one attached hydrogen (secondary N) is 2. The molecule has 0 saturated heterocycles. The highest BCUT2D eigenvalue weighted by atomic mass is 35.5. The van der Waals surface area contributed by atoms with Crippen LogP contribution in [0.3, 0.4) is 0 Å². The molecule has 23 heavy (non-hydrogen) atoms. The summed E-state index contributed by atoms with van der Waals surface area (Å²) in [4.78, 5) is 22.9. The van der Waals surface area contributed by atoms with Gasteiger partial charge >= 0.3 is 0 Å². The van der Waals surface area contributed by atoms with Crippen molar-refractivity contribution in [2.75, 3.05) is 11.1 Å². The van der Waals surface area contributed by atoms with Gasteiger partial charge in [0.25, 0.3) is 5.56 Å². The summed E-state index contributed by atoms with van der Waals surface area (Å²) in [5, 5.41) is 13.7. The second kappa shape index (κ2) is 5.77. The van der Waals surface area contributed by atoms with Crippen LogP contribution in [-0.2, 0) is 0 Å². The molecule has 3 aromatic rings. The third kappa shape index (κ3) is 3.04. The smallest absolute Gasteiger partial charge is 0.253 e. The van der Waals surface area contributed by atoms with Crippen molar-refractivity contribution >= 4 is 34.3 Å². The van der Waals surface area contributed by atoms with Crippen molar-refractivity contribution in [2.24, 2.45) is 0 Å². The van der Waals surface area contributed by atoms with Crippen LogP contribution in [0.4, 0.5) is 11.8 Å². The molecule has 8 heteroatoms. The molecule has 0 aliphatic carbocycles. The molecule has 0 amide bonds. The maximum Gasteiger partial charge on any atom is 0.253 e. The van der Waals surface area contributed by atoms with Gasteiger partial charge in [0, 0.05) is 21.5 Å². The van der Waals surface area contributed by atoms with Gasteiger partial charge in [-0.1, -0.05) is 11.6 Å². The normalized spacial score (nSPS) is 12.3. The van der Waals surface area contributed by atoms with Gasteiger partial charge in [-0.05, 0) is 31.2 Å². The van der Waals surface area contributed by atoms with Gasteiger partial charge in [0.1, 0.15) is 0 Å². The molecule has 0 bridgehead atoms. The highest BCUT2D eigenvalue weighted by Crippen LogP contribution is 2.22. The fraction of sp³-hybridized carbons (Fsp3) is 0.133. The third-order valence-corrected chi connectivity index (χ3v) is 3.68. The van der Waals surface area contributed by atoms with Crippen LogP contribution in [0.1, 0.15) is 18.5 Å². The van der Waals surface area contributed by atoms with E-state index in [4.69, 9.17) is 17.3 Å². The molecule has 0 fully saturated rings. The average molecular weight is 332 g/mol. The fourth-order valence-corrected chi connectivity index (χ4v) is 2.43. The lowest BCUT2D eigenvalue weighted by Gasteiger charge is -2.14. The monoisotopic (exact) mass is 331 g/mol. The number of aromatic amines is 1. The van der Waals surface area contributed by atoms with Gasteiger partial charge in [-0.15, -0.1) is 0 Å². The minimum atomic E-state index is -0.369. The summed E-state index contributed by atoms with van der Waals surface area (Å²) in [5.74, 6) is -0.00584. The molecule has 2 aromatic heterocycles. The van der Waals surface area contributed by atoms with Crippen molar-refractivity contribution in [2.45, 2.75) is 13.0 Å². The van der Waals surface area contributed by atoms with Crippen molar-refractivity contribution < 1.29 is 5.11 Å². The molecule has 0 aliphatic rings. The Kier molecular flexibility index (Phi) is 3.79. The highest BCUT2D eigenvalue weighted by Gasteiger charge is 2.13. The minimum Gasteiger partial charge on any atom is -0.503 e. The van der Waals surface area contributed by atoms with Crippen LogP contribution in [0.2, 0.25) is 5.02 Å². The zero-order chi connectivity index (χ0) is 16.6. The Morgan fingerprint density at radius 1 is 1.39 bits per heavy atom. The molecule has 0 saturated carbocycles. The van der Waals surface area contributed by atoms with Crippen LogP contribution in [0.25, 0.3) is 10.9 Å². The number of nitrogen functional groups attached to an aromatic ring is 1. The van der Waals surface area contributed by atoms with E-state index in [2.05, 4.69) is 20.3 Å². The first kappa shape index (κ1) is 15.1. The summed E-state index contributed by atoms with van der Waals surface area (Å²) in [6.07, 6.45) is 1.20. The van der Waals surface area contributed by atoms with Crippen LogP contribution in [0, 0.1) is 0 Å². The molecule has 7 nitrogen and oxygen atoms in total. The molecular weight excluding hydrogens is 318 g/mol. The molecule has 118 valence electrons. The quantitative estimate of drug-likeness (QED) is 0.585. The number of aromatic hydroxyl groups is 1. The number of nitrogens with zero attached hydrogens (tertiary/aromatic N) is 2. The van der Waals surface area contributed by atoms with Gasteiger partial charge in [0.15, 0.2) is 11.6 Å². The van der Waals surface area contributed by atoms with Gasteiger partial charge in [0.05, 0.1) is 12.2 Å². The minimum absolute atomic E-state index is 0.0334. The first-order valence-electron chi connectivity index (χ1n) is 6.84. The summed E-state index contributed by atoms with van der Waals surface area (Å²) < 4.78 is 0. The molecule has 1 unspecified atom stereocenters. The zero-order valence-corrected chi connectivity index (χ0v) is 12.9. The summed E-state index contributed by atoms with van der Waals surface area (Å²) >= 11 is 5.99. The fourth-order valence-electron chi connectivity index (χ4n) is 2.25. The number of H-pyrrole nitrogens is 1. The average Bonchev–Trinajstić information content (AvgIpc) is 2.50. The number of fused-ring (bicyclic) bond motifs is 1. The number of hydrogen-bond donors (Lipinski definition) is 4. The Morgan fingerprint density at radius 2 is 2.17 bits per heavy atom. The predicted molar refractivity (Wildman–Crippen MR) is 89.7 cm³/mol. The van der Waals surface area contributed by atoms with Crippen LogP contribution in [0.5, 0.6) is 5.75 Å². The molecule has 1 aromatic carbocycles. The molecule has 0 spiro atoms. The van der Waals surface area contributed by atoms with Crippen molar-refractivity contribution in [1.29, 1.82) is 0 Å². The number of nitrogens with two attached hydrogens (primary N) is 1. The maximum absolute atomic E-state index is 12.2. The molecule has 3 rings (SSSR count). The van der Waals surface area contributed by atoms with Gasteiger partial charge in [0.2, 0.25) is 5.95 Å². The van der Waals surface area contributed by atoms with E-state index in [0.717, 1.165) is 5.39 Å². The SMILES string of the molecule is CC(Nc1ncc(O)c(N)n1)c1cc2cc(Cl)ccc2[nH]c1=O. The molecule has 0 aliphatic heterocycles. The van der Waals surface area contributed by atoms with Crippen molar-refractivity contribution in [1.82, 2.24) is 15.0 Å². The maximum atomic E-state index is 12.2. The Bertz CT molecular complexity index is 941. The summed E-state index contributed by atoms with van der Waals surface area (Å²) in [6, 6.07) is 6.64. The van der Waals surface area contributed by atoms with E-state index in [-0.39, 0.29) is 29.1 Å². The number of rotatable bonds is 3. The topological polar surface area (TPSA) is 117 Å². The van der Waals surface area contributed by atoms with Crippen LogP contribution < -0.4 is 16.6 Å². The van der Waals surface area contributed by atoms with E-state index in [1.54, 1.807) is 31.2 Å². The standard InChI is InChI=1S/C15H14ClN5O2/c1-7(19-15-18-6-12(22)13(17)21-15)10-5-8-4-9(16)2-3-11(8)20-14(10)23/h2-7,22H,1H3,(H,20,23)(H3,17,18,19,21). The van der Waals surface area contributed by atoms with Gasteiger partial charge in [-0.25, -0.2) is 4.98 Å². The summed E-state index contributed by atoms with van der Waals surface area (Å²) in [7, 11) is 0. The number of halogens is 1. The summed E-state index contributed by atoms with van der Waals surface area (Å²) in [5.41, 5.74) is 6.53. The Morgan fingerprint density at radius 3 is 2.91 bits per heavy atom. The highest BCUT2D eigenvalue weighted by molar-refractivity contribution is 6.31. The van der Waals surface area contributed by atoms with E-state index in [9.17, 15) is 9.90 Å². The second-order valence-electron chi connectivity index (χ2n) is 5.12. The lowest BCUT2D eigenvalue weighted by Crippen LogP contribution is -2.20. The Balaban J connectivity index is 1.96. The third-order valence-electron chi connectivity index (χ3n) is 3.45. The van der Waals surface area contributed by atoms with Gasteiger partial charge in [-0.2, -0.15) is 4.98 Å². The lowest BCUT2D eigenvalue weighted by atomic mass is 10.1. The molecule has 1 atom stereocenters. The predicted octanol–water partition coefficient (Wildman–Crippen LogP) is 2.43. The van der Waals surface area contributed by atoms with E-state index in [0.29, 0.717) is 16.1 Å². The largest absolute Gasteiger partial charge is 0.503 e.